The molecule has 0 aliphatic carbocycles. The Morgan fingerprint density at radius 1 is 0.975 bits per heavy atom. The molecule has 1 saturated heterocycles. The van der Waals surface area contributed by atoms with Gasteiger partial charge in [-0.1, -0.05) is 6.07 Å². The van der Waals surface area contributed by atoms with Gasteiger partial charge in [-0.2, -0.15) is 0 Å². The molecule has 1 aliphatic heterocycles. The summed E-state index contributed by atoms with van der Waals surface area (Å²) in [7, 11) is 0. The molecule has 40 heavy (non-hydrogen) atoms. The van der Waals surface area contributed by atoms with Crippen molar-refractivity contribution in [3.8, 4) is 11.3 Å². The van der Waals surface area contributed by atoms with Crippen molar-refractivity contribution >= 4 is 22.8 Å². The number of pyridine rings is 1. The van der Waals surface area contributed by atoms with Crippen molar-refractivity contribution < 1.29 is 8.78 Å². The van der Waals surface area contributed by atoms with Crippen molar-refractivity contribution in [3.05, 3.63) is 84.2 Å². The van der Waals surface area contributed by atoms with Gasteiger partial charge in [0.05, 0.1) is 11.7 Å². The number of aromatic nitrogens is 6. The van der Waals surface area contributed by atoms with E-state index in [4.69, 9.17) is 0 Å². The molecule has 5 heterocycles. The number of halogens is 2. The van der Waals surface area contributed by atoms with Crippen molar-refractivity contribution in [2.24, 2.45) is 0 Å². The second-order valence-electron chi connectivity index (χ2n) is 10.7. The van der Waals surface area contributed by atoms with Crippen LogP contribution in [0.4, 0.5) is 20.5 Å². The van der Waals surface area contributed by atoms with Crippen LogP contribution < -0.4 is 5.32 Å². The molecule has 8 nitrogen and oxygen atoms in total. The lowest BCUT2D eigenvalue weighted by molar-refractivity contribution is 0.179. The van der Waals surface area contributed by atoms with Gasteiger partial charge in [0.2, 0.25) is 5.95 Å². The fraction of sp³-hybridized carbons (Fsp3) is 0.333. The van der Waals surface area contributed by atoms with Crippen molar-refractivity contribution in [2.45, 2.75) is 52.2 Å². The summed E-state index contributed by atoms with van der Waals surface area (Å²) in [6.45, 7) is 8.74. The third kappa shape index (κ3) is 5.19. The Balaban J connectivity index is 1.16. The number of rotatable bonds is 7. The molecule has 1 aliphatic rings. The summed E-state index contributed by atoms with van der Waals surface area (Å²) < 4.78 is 34.1. The molecule has 1 N–H and O–H groups in total. The number of imidazole rings is 1. The van der Waals surface area contributed by atoms with Crippen LogP contribution in [-0.2, 0) is 6.54 Å². The van der Waals surface area contributed by atoms with Gasteiger partial charge in [-0.05, 0) is 69.5 Å². The maximum Gasteiger partial charge on any atom is 0.229 e. The quantitative estimate of drug-likeness (QED) is 0.255. The van der Waals surface area contributed by atoms with Crippen molar-refractivity contribution in [3.63, 3.8) is 0 Å². The predicted octanol–water partition coefficient (Wildman–Crippen LogP) is 6.44. The fourth-order valence-corrected chi connectivity index (χ4v) is 5.62. The van der Waals surface area contributed by atoms with Crippen LogP contribution in [0.15, 0.2) is 61.2 Å². The summed E-state index contributed by atoms with van der Waals surface area (Å²) in [5.41, 5.74) is 2.30. The molecule has 0 unspecified atom stereocenters. The van der Waals surface area contributed by atoms with E-state index in [-0.39, 0.29) is 23.2 Å². The minimum atomic E-state index is -0.638. The maximum absolute atomic E-state index is 15.0. The highest BCUT2D eigenvalue weighted by Gasteiger charge is 2.21. The Morgan fingerprint density at radius 2 is 1.75 bits per heavy atom. The third-order valence-electron chi connectivity index (χ3n) is 7.54. The molecule has 6 rings (SSSR count). The first kappa shape index (κ1) is 26.1. The number of anilines is 2. The largest absolute Gasteiger partial charge is 0.351 e. The number of hydrogen-bond acceptors (Lipinski definition) is 6. The van der Waals surface area contributed by atoms with E-state index in [0.717, 1.165) is 44.2 Å². The summed E-state index contributed by atoms with van der Waals surface area (Å²) in [5, 5.41) is 3.05. The van der Waals surface area contributed by atoms with Gasteiger partial charge >= 0.3 is 0 Å². The lowest BCUT2D eigenvalue weighted by atomic mass is 10.0. The van der Waals surface area contributed by atoms with Crippen molar-refractivity contribution in [1.29, 1.82) is 0 Å². The van der Waals surface area contributed by atoms with E-state index in [1.807, 2.05) is 43.7 Å². The summed E-state index contributed by atoms with van der Waals surface area (Å²) in [4.78, 5) is 19.8. The second kappa shape index (κ2) is 10.8. The summed E-state index contributed by atoms with van der Waals surface area (Å²) in [6.07, 6.45) is 9.46. The standard InChI is InChI=1S/C30H32F2N8/c1-19(2)40-20(3)35-29-24(31)14-22(15-26(29)40)28-25(32)17-34-30(37-28)36-27-7-6-21(16-33-27)18-38-12-8-23(9-13-38)39-10-4-5-11-39/h4-7,10-11,14-17,19,23H,8-9,12-13,18H2,1-3H3,(H,33,34,36,37). The number of nitrogens with zero attached hydrogens (tertiary/aromatic N) is 7. The second-order valence-corrected chi connectivity index (χ2v) is 10.7. The van der Waals surface area contributed by atoms with Crippen molar-refractivity contribution in [1.82, 2.24) is 34.0 Å². The van der Waals surface area contributed by atoms with Crippen LogP contribution in [0.25, 0.3) is 22.3 Å². The van der Waals surface area contributed by atoms with Gasteiger partial charge in [0, 0.05) is 55.9 Å². The molecule has 4 aromatic heterocycles. The van der Waals surface area contributed by atoms with Crippen LogP contribution >= 0.6 is 0 Å². The van der Waals surface area contributed by atoms with Crippen LogP contribution in [-0.4, -0.2) is 47.1 Å². The molecule has 1 aromatic carbocycles. The molecular formula is C30H32F2N8. The maximum atomic E-state index is 15.0. The molecular weight excluding hydrogens is 510 g/mol. The third-order valence-corrected chi connectivity index (χ3v) is 7.54. The molecule has 206 valence electrons. The van der Waals surface area contributed by atoms with Gasteiger partial charge in [-0.3, -0.25) is 4.90 Å². The highest BCUT2D eigenvalue weighted by atomic mass is 19.1. The van der Waals surface area contributed by atoms with Gasteiger partial charge < -0.3 is 14.5 Å². The Morgan fingerprint density at radius 3 is 2.45 bits per heavy atom. The lowest BCUT2D eigenvalue weighted by Crippen LogP contribution is -2.33. The zero-order valence-electron chi connectivity index (χ0n) is 22.9. The number of benzene rings is 1. The van der Waals surface area contributed by atoms with E-state index in [1.54, 1.807) is 6.07 Å². The Kier molecular flexibility index (Phi) is 7.02. The van der Waals surface area contributed by atoms with Gasteiger partial charge in [-0.15, -0.1) is 0 Å². The van der Waals surface area contributed by atoms with Crippen LogP contribution in [0.2, 0.25) is 0 Å². The van der Waals surface area contributed by atoms with Crippen LogP contribution in [0, 0.1) is 18.6 Å². The minimum Gasteiger partial charge on any atom is -0.351 e. The van der Waals surface area contributed by atoms with Crippen molar-refractivity contribution in [2.75, 3.05) is 18.4 Å². The van der Waals surface area contributed by atoms with Gasteiger partial charge in [0.15, 0.2) is 11.6 Å². The molecule has 1 fully saturated rings. The number of fused-ring (bicyclic) bond motifs is 1. The minimum absolute atomic E-state index is 0.00685. The zero-order chi connectivity index (χ0) is 27.8. The van der Waals surface area contributed by atoms with E-state index < -0.39 is 11.6 Å². The number of aryl methyl sites for hydroxylation is 1. The predicted molar refractivity (Wildman–Crippen MR) is 151 cm³/mol. The first-order valence-electron chi connectivity index (χ1n) is 13.6. The fourth-order valence-electron chi connectivity index (χ4n) is 5.62. The molecule has 0 spiro atoms. The summed E-state index contributed by atoms with van der Waals surface area (Å²) in [6, 6.07) is 11.7. The first-order valence-corrected chi connectivity index (χ1v) is 13.6. The molecule has 0 radical (unpaired) electrons. The Hall–Kier alpha value is -4.18. The highest BCUT2D eigenvalue weighted by molar-refractivity contribution is 5.83. The molecule has 0 amide bonds. The van der Waals surface area contributed by atoms with E-state index in [9.17, 15) is 8.78 Å². The monoisotopic (exact) mass is 542 g/mol. The summed E-state index contributed by atoms with van der Waals surface area (Å²) in [5.74, 6) is 0.261. The van der Waals surface area contributed by atoms with Gasteiger partial charge in [0.25, 0.3) is 0 Å². The van der Waals surface area contributed by atoms with Crippen LogP contribution in [0.1, 0.15) is 50.2 Å². The lowest BCUT2D eigenvalue weighted by Gasteiger charge is -2.32. The topological polar surface area (TPSA) is 76.7 Å². The highest BCUT2D eigenvalue weighted by Crippen LogP contribution is 2.30. The van der Waals surface area contributed by atoms with E-state index in [1.165, 1.54) is 6.07 Å². The van der Waals surface area contributed by atoms with Crippen LogP contribution in [0.3, 0.4) is 0 Å². The van der Waals surface area contributed by atoms with E-state index >= 15 is 0 Å². The Labute approximate surface area is 231 Å². The average molecular weight is 543 g/mol. The number of likely N-dealkylation sites (tertiary alicyclic amines) is 1. The normalized spacial score (nSPS) is 14.8. The molecule has 0 bridgehead atoms. The number of piperidine rings is 1. The first-order chi connectivity index (χ1) is 19.4. The average Bonchev–Trinajstić information content (AvgIpc) is 3.59. The van der Waals surface area contributed by atoms with Gasteiger partial charge in [0.1, 0.15) is 22.9 Å². The van der Waals surface area contributed by atoms with Crippen LogP contribution in [0.5, 0.6) is 0 Å². The summed E-state index contributed by atoms with van der Waals surface area (Å²) >= 11 is 0. The molecule has 5 aromatic rings. The Bertz CT molecular complexity index is 1620. The SMILES string of the molecule is Cc1nc2c(F)cc(-c3nc(Nc4ccc(CN5CCC(n6cccc6)CC5)cn4)ncc3F)cc2n1C(C)C. The van der Waals surface area contributed by atoms with E-state index in [2.05, 4.69) is 59.2 Å². The van der Waals surface area contributed by atoms with E-state index in [0.29, 0.717) is 28.8 Å². The zero-order valence-corrected chi connectivity index (χ0v) is 22.9. The molecule has 0 saturated carbocycles. The molecule has 10 heteroatoms. The number of hydrogen-bond donors (Lipinski definition) is 1. The number of nitrogens with one attached hydrogen (secondary N) is 1. The molecule has 0 atom stereocenters. The smallest absolute Gasteiger partial charge is 0.229 e. The van der Waals surface area contributed by atoms with Gasteiger partial charge in [-0.25, -0.2) is 28.7 Å².